The van der Waals surface area contributed by atoms with Gasteiger partial charge in [-0.2, -0.15) is 5.10 Å². The van der Waals surface area contributed by atoms with Gasteiger partial charge in [-0.3, -0.25) is 4.68 Å². The standard InChI is InChI=1S/C17H25N3O/c1-6-18-17(15-7-9-16(21-5)10-8-15)14(4)20-13(3)11-12(2)19-20/h7-11,14,17-18H,6H2,1-5H3. The molecule has 0 fully saturated rings. The Bertz CT molecular complexity index is 574. The number of nitrogens with one attached hydrogen (secondary N) is 1. The third-order valence-electron chi connectivity index (χ3n) is 3.81. The van der Waals surface area contributed by atoms with Crippen LogP contribution in [0.1, 0.15) is 42.9 Å². The van der Waals surface area contributed by atoms with Crippen molar-refractivity contribution in [3.8, 4) is 5.75 Å². The largest absolute Gasteiger partial charge is 0.497 e. The summed E-state index contributed by atoms with van der Waals surface area (Å²) in [5.74, 6) is 0.882. The molecule has 0 spiro atoms. The lowest BCUT2D eigenvalue weighted by Crippen LogP contribution is -2.29. The highest BCUT2D eigenvalue weighted by molar-refractivity contribution is 5.30. The lowest BCUT2D eigenvalue weighted by Gasteiger charge is -2.26. The summed E-state index contributed by atoms with van der Waals surface area (Å²) in [6.07, 6.45) is 0. The maximum atomic E-state index is 5.24. The summed E-state index contributed by atoms with van der Waals surface area (Å²) in [5.41, 5.74) is 3.50. The Morgan fingerprint density at radius 2 is 1.90 bits per heavy atom. The van der Waals surface area contributed by atoms with Crippen LogP contribution in [0.15, 0.2) is 30.3 Å². The number of likely N-dealkylation sites (N-methyl/N-ethyl adjacent to an activating group) is 1. The SMILES string of the molecule is CCNC(c1ccc(OC)cc1)C(C)n1nc(C)cc1C. The van der Waals surface area contributed by atoms with Crippen LogP contribution in [0.25, 0.3) is 0 Å². The molecule has 0 bridgehead atoms. The lowest BCUT2D eigenvalue weighted by atomic mass is 10.00. The van der Waals surface area contributed by atoms with Crippen molar-refractivity contribution in [2.45, 2.75) is 39.8 Å². The van der Waals surface area contributed by atoms with Crippen LogP contribution < -0.4 is 10.1 Å². The molecule has 4 heteroatoms. The Kier molecular flexibility index (Phi) is 5.02. The third kappa shape index (κ3) is 3.45. The van der Waals surface area contributed by atoms with Gasteiger partial charge in [-0.25, -0.2) is 0 Å². The van der Waals surface area contributed by atoms with E-state index >= 15 is 0 Å². The molecule has 1 N–H and O–H groups in total. The van der Waals surface area contributed by atoms with E-state index in [2.05, 4.69) is 54.1 Å². The molecule has 4 nitrogen and oxygen atoms in total. The number of ether oxygens (including phenoxy) is 1. The van der Waals surface area contributed by atoms with E-state index in [0.717, 1.165) is 18.0 Å². The Hall–Kier alpha value is -1.81. The molecule has 0 aliphatic carbocycles. The summed E-state index contributed by atoms with van der Waals surface area (Å²) >= 11 is 0. The summed E-state index contributed by atoms with van der Waals surface area (Å²) in [4.78, 5) is 0. The number of rotatable bonds is 6. The van der Waals surface area contributed by atoms with Gasteiger partial charge in [0.25, 0.3) is 0 Å². The van der Waals surface area contributed by atoms with E-state index in [0.29, 0.717) is 0 Å². The molecule has 0 saturated heterocycles. The van der Waals surface area contributed by atoms with Gasteiger partial charge in [0.2, 0.25) is 0 Å². The molecule has 21 heavy (non-hydrogen) atoms. The second-order valence-corrected chi connectivity index (χ2v) is 5.42. The van der Waals surface area contributed by atoms with Crippen LogP contribution in [-0.2, 0) is 0 Å². The molecule has 0 amide bonds. The molecule has 0 radical (unpaired) electrons. The molecule has 2 atom stereocenters. The number of aromatic nitrogens is 2. The van der Waals surface area contributed by atoms with Crippen molar-refractivity contribution in [2.75, 3.05) is 13.7 Å². The Balaban J connectivity index is 2.30. The van der Waals surface area contributed by atoms with Crippen LogP contribution in [0.3, 0.4) is 0 Å². The lowest BCUT2D eigenvalue weighted by molar-refractivity contribution is 0.352. The van der Waals surface area contributed by atoms with E-state index in [9.17, 15) is 0 Å². The van der Waals surface area contributed by atoms with Crippen molar-refractivity contribution in [2.24, 2.45) is 0 Å². The quantitative estimate of drug-likeness (QED) is 0.885. The zero-order chi connectivity index (χ0) is 15.4. The van der Waals surface area contributed by atoms with Crippen LogP contribution in [-0.4, -0.2) is 23.4 Å². The smallest absolute Gasteiger partial charge is 0.118 e. The predicted octanol–water partition coefficient (Wildman–Crippen LogP) is 3.42. The van der Waals surface area contributed by atoms with Crippen LogP contribution in [0, 0.1) is 13.8 Å². The minimum absolute atomic E-state index is 0.221. The van der Waals surface area contributed by atoms with Gasteiger partial charge in [-0.15, -0.1) is 0 Å². The number of benzene rings is 1. The van der Waals surface area contributed by atoms with Gasteiger partial charge in [0.1, 0.15) is 5.75 Å². The molecule has 1 aromatic heterocycles. The fraction of sp³-hybridized carbons (Fsp3) is 0.471. The Labute approximate surface area is 127 Å². The number of aryl methyl sites for hydroxylation is 2. The maximum Gasteiger partial charge on any atom is 0.118 e. The van der Waals surface area contributed by atoms with Crippen LogP contribution in [0.5, 0.6) is 5.75 Å². The van der Waals surface area contributed by atoms with Gasteiger partial charge in [-0.1, -0.05) is 19.1 Å². The molecule has 0 aliphatic rings. The second-order valence-electron chi connectivity index (χ2n) is 5.42. The fourth-order valence-electron chi connectivity index (χ4n) is 2.80. The summed E-state index contributed by atoms with van der Waals surface area (Å²) in [6, 6.07) is 10.8. The first-order valence-corrected chi connectivity index (χ1v) is 7.47. The first-order chi connectivity index (χ1) is 10.1. The first kappa shape index (κ1) is 15.6. The average Bonchev–Trinajstić information content (AvgIpc) is 2.83. The van der Waals surface area contributed by atoms with Crippen LogP contribution >= 0.6 is 0 Å². The minimum atomic E-state index is 0.221. The minimum Gasteiger partial charge on any atom is -0.497 e. The highest BCUT2D eigenvalue weighted by Crippen LogP contribution is 2.28. The molecule has 0 aliphatic heterocycles. The van der Waals surface area contributed by atoms with Gasteiger partial charge >= 0.3 is 0 Å². The number of hydrogen-bond donors (Lipinski definition) is 1. The van der Waals surface area contributed by atoms with Crippen LogP contribution in [0.2, 0.25) is 0 Å². The van der Waals surface area contributed by atoms with Crippen molar-refractivity contribution in [1.82, 2.24) is 15.1 Å². The molecule has 2 aromatic rings. The number of methoxy groups -OCH3 is 1. The molecule has 114 valence electrons. The highest BCUT2D eigenvalue weighted by atomic mass is 16.5. The van der Waals surface area contributed by atoms with Crippen molar-refractivity contribution in [3.05, 3.63) is 47.3 Å². The van der Waals surface area contributed by atoms with E-state index in [1.54, 1.807) is 7.11 Å². The van der Waals surface area contributed by atoms with E-state index in [1.807, 2.05) is 19.1 Å². The van der Waals surface area contributed by atoms with E-state index in [1.165, 1.54) is 11.3 Å². The van der Waals surface area contributed by atoms with E-state index in [4.69, 9.17) is 4.74 Å². The zero-order valence-corrected chi connectivity index (χ0v) is 13.6. The fourth-order valence-corrected chi connectivity index (χ4v) is 2.80. The molecule has 2 unspecified atom stereocenters. The summed E-state index contributed by atoms with van der Waals surface area (Å²) in [7, 11) is 1.69. The van der Waals surface area contributed by atoms with Gasteiger partial charge < -0.3 is 10.1 Å². The zero-order valence-electron chi connectivity index (χ0n) is 13.6. The maximum absolute atomic E-state index is 5.24. The van der Waals surface area contributed by atoms with Crippen LogP contribution in [0.4, 0.5) is 0 Å². The summed E-state index contributed by atoms with van der Waals surface area (Å²) in [5, 5.41) is 8.19. The summed E-state index contributed by atoms with van der Waals surface area (Å²) in [6.45, 7) is 9.39. The normalized spacial score (nSPS) is 14.0. The van der Waals surface area contributed by atoms with Gasteiger partial charge in [-0.05, 0) is 51.1 Å². The average molecular weight is 287 g/mol. The van der Waals surface area contributed by atoms with Gasteiger partial charge in [0.05, 0.1) is 24.9 Å². The topological polar surface area (TPSA) is 39.1 Å². The molecular formula is C17H25N3O. The monoisotopic (exact) mass is 287 g/mol. The Morgan fingerprint density at radius 1 is 1.24 bits per heavy atom. The Morgan fingerprint density at radius 3 is 2.38 bits per heavy atom. The molecule has 2 rings (SSSR count). The van der Waals surface area contributed by atoms with Crippen molar-refractivity contribution in [1.29, 1.82) is 0 Å². The number of nitrogens with zero attached hydrogens (tertiary/aromatic N) is 2. The highest BCUT2D eigenvalue weighted by Gasteiger charge is 2.22. The molecule has 1 aromatic carbocycles. The predicted molar refractivity (Wildman–Crippen MR) is 85.8 cm³/mol. The molecular weight excluding hydrogens is 262 g/mol. The van der Waals surface area contributed by atoms with Gasteiger partial charge in [0.15, 0.2) is 0 Å². The van der Waals surface area contributed by atoms with E-state index in [-0.39, 0.29) is 12.1 Å². The molecule has 0 saturated carbocycles. The van der Waals surface area contributed by atoms with Crippen molar-refractivity contribution in [3.63, 3.8) is 0 Å². The second kappa shape index (κ2) is 6.76. The van der Waals surface area contributed by atoms with Crippen molar-refractivity contribution < 1.29 is 4.74 Å². The third-order valence-corrected chi connectivity index (χ3v) is 3.81. The van der Waals surface area contributed by atoms with Crippen molar-refractivity contribution >= 4 is 0 Å². The van der Waals surface area contributed by atoms with E-state index < -0.39 is 0 Å². The first-order valence-electron chi connectivity index (χ1n) is 7.47. The molecule has 1 heterocycles. The number of hydrogen-bond acceptors (Lipinski definition) is 3. The van der Waals surface area contributed by atoms with Gasteiger partial charge in [0, 0.05) is 5.69 Å². The summed E-state index contributed by atoms with van der Waals surface area (Å²) < 4.78 is 7.34.